The van der Waals surface area contributed by atoms with Crippen molar-refractivity contribution >= 4 is 11.9 Å². The van der Waals surface area contributed by atoms with Crippen molar-refractivity contribution in [2.45, 2.75) is 26.2 Å². The lowest BCUT2D eigenvalue weighted by Gasteiger charge is -2.28. The molecule has 0 bridgehead atoms. The van der Waals surface area contributed by atoms with E-state index >= 15 is 0 Å². The molecule has 8 nitrogen and oxygen atoms in total. The first kappa shape index (κ1) is 21.4. The number of hydrogen-bond donors (Lipinski definition) is 1. The predicted octanol–water partition coefficient (Wildman–Crippen LogP) is 4.28. The number of tetrazole rings is 1. The zero-order valence-electron chi connectivity index (χ0n) is 18.6. The van der Waals surface area contributed by atoms with Crippen LogP contribution in [0.25, 0.3) is 0 Å². The highest BCUT2D eigenvalue weighted by atomic mass is 16.5. The Bertz CT molecular complexity index is 1320. The Morgan fingerprint density at radius 2 is 1.56 bits per heavy atom. The highest BCUT2D eigenvalue weighted by Gasteiger charge is 2.36. The number of allylic oxidation sites excluding steroid dienone is 1. The quantitative estimate of drug-likeness (QED) is 0.418. The van der Waals surface area contributed by atoms with Gasteiger partial charge in [-0.3, -0.25) is 0 Å². The molecule has 1 N–H and O–H groups in total. The topological polar surface area (TPSA) is 91.2 Å². The van der Waals surface area contributed by atoms with Gasteiger partial charge in [0.2, 0.25) is 5.95 Å². The van der Waals surface area contributed by atoms with E-state index in [9.17, 15) is 4.79 Å². The molecular formula is C26H23N5O3. The number of hydrogen-bond acceptors (Lipinski definition) is 7. The maximum Gasteiger partial charge on any atom is 0.338 e. The van der Waals surface area contributed by atoms with Gasteiger partial charge in [-0.25, -0.2) is 4.79 Å². The third-order valence-electron chi connectivity index (χ3n) is 5.60. The number of nitrogens with one attached hydrogen (secondary N) is 1. The zero-order valence-corrected chi connectivity index (χ0v) is 18.6. The van der Waals surface area contributed by atoms with E-state index in [1.807, 2.05) is 91.9 Å². The molecule has 1 aromatic heterocycles. The first-order valence-corrected chi connectivity index (χ1v) is 10.9. The second-order valence-electron chi connectivity index (χ2n) is 7.89. The fourth-order valence-electron chi connectivity index (χ4n) is 3.94. The number of aromatic nitrogens is 4. The van der Waals surface area contributed by atoms with Gasteiger partial charge in [-0.2, -0.15) is 4.68 Å². The number of rotatable bonds is 7. The van der Waals surface area contributed by atoms with Gasteiger partial charge in [-0.05, 0) is 34.5 Å². The smallest absolute Gasteiger partial charge is 0.338 e. The summed E-state index contributed by atoms with van der Waals surface area (Å²) in [5.41, 5.74) is 3.76. The molecule has 0 radical (unpaired) electrons. The lowest BCUT2D eigenvalue weighted by Crippen LogP contribution is -2.30. The van der Waals surface area contributed by atoms with Crippen molar-refractivity contribution < 1.29 is 14.3 Å². The summed E-state index contributed by atoms with van der Waals surface area (Å²) in [4.78, 5) is 13.3. The summed E-state index contributed by atoms with van der Waals surface area (Å²) in [6.45, 7) is 2.37. The van der Waals surface area contributed by atoms with Crippen LogP contribution < -0.4 is 10.1 Å². The van der Waals surface area contributed by atoms with Gasteiger partial charge in [-0.15, -0.1) is 0 Å². The Labute approximate surface area is 196 Å². The van der Waals surface area contributed by atoms with E-state index in [1.165, 1.54) is 0 Å². The first-order chi connectivity index (χ1) is 16.7. The summed E-state index contributed by atoms with van der Waals surface area (Å²) >= 11 is 0. The van der Waals surface area contributed by atoms with E-state index in [0.29, 0.717) is 29.6 Å². The van der Waals surface area contributed by atoms with E-state index in [1.54, 1.807) is 4.68 Å². The van der Waals surface area contributed by atoms with Gasteiger partial charge in [-0.1, -0.05) is 84.0 Å². The van der Waals surface area contributed by atoms with Crippen LogP contribution in [0, 0.1) is 0 Å². The molecule has 0 saturated carbocycles. The van der Waals surface area contributed by atoms with Crippen LogP contribution in [0.4, 0.5) is 5.95 Å². The Balaban J connectivity index is 1.47. The van der Waals surface area contributed by atoms with Crippen molar-refractivity contribution in [2.24, 2.45) is 0 Å². The van der Waals surface area contributed by atoms with E-state index < -0.39 is 12.0 Å². The van der Waals surface area contributed by atoms with Gasteiger partial charge in [0.15, 0.2) is 0 Å². The molecule has 8 heteroatoms. The van der Waals surface area contributed by atoms with Crippen molar-refractivity contribution in [2.75, 3.05) is 5.32 Å². The lowest BCUT2D eigenvalue weighted by atomic mass is 9.95. The zero-order chi connectivity index (χ0) is 23.3. The van der Waals surface area contributed by atoms with Gasteiger partial charge in [0.25, 0.3) is 0 Å². The summed E-state index contributed by atoms with van der Waals surface area (Å²) in [7, 11) is 0. The Morgan fingerprint density at radius 1 is 0.912 bits per heavy atom. The summed E-state index contributed by atoms with van der Waals surface area (Å²) in [5.74, 6) is 0.638. The fourth-order valence-corrected chi connectivity index (χ4v) is 3.94. The second kappa shape index (κ2) is 9.58. The van der Waals surface area contributed by atoms with Crippen molar-refractivity contribution in [1.29, 1.82) is 0 Å². The average Bonchev–Trinajstić information content (AvgIpc) is 3.35. The number of ether oxygens (including phenoxy) is 2. The molecule has 170 valence electrons. The Morgan fingerprint density at radius 3 is 2.29 bits per heavy atom. The Hall–Kier alpha value is -4.46. The average molecular weight is 454 g/mol. The van der Waals surface area contributed by atoms with Crippen molar-refractivity contribution in [3.8, 4) is 5.75 Å². The summed E-state index contributed by atoms with van der Waals surface area (Å²) in [6.07, 6.45) is 0. The molecule has 0 amide bonds. The number of para-hydroxylation sites is 1. The molecule has 5 rings (SSSR count). The van der Waals surface area contributed by atoms with Gasteiger partial charge >= 0.3 is 5.97 Å². The monoisotopic (exact) mass is 453 g/mol. The Kier molecular flexibility index (Phi) is 6.03. The van der Waals surface area contributed by atoms with E-state index in [-0.39, 0.29) is 6.61 Å². The van der Waals surface area contributed by atoms with E-state index in [2.05, 4.69) is 20.8 Å². The summed E-state index contributed by atoms with van der Waals surface area (Å²) in [5, 5.41) is 15.1. The standard InChI is InChI=1S/C26H23N5O3/c1-18-23(25(32)34-17-20-12-6-3-7-13-20)24(31-26(27-18)28-29-30-31)21-14-8-9-15-22(21)33-16-19-10-4-2-5-11-19/h2-15,24H,16-17H2,1H3,(H,27,28,30). The lowest BCUT2D eigenvalue weighted by molar-refractivity contribution is -0.140. The molecule has 1 aliphatic rings. The van der Waals surface area contributed by atoms with Crippen LogP contribution in [0.3, 0.4) is 0 Å². The van der Waals surface area contributed by atoms with Crippen LogP contribution in [0.15, 0.2) is 96.2 Å². The van der Waals surface area contributed by atoms with Crippen molar-refractivity contribution in [1.82, 2.24) is 20.2 Å². The summed E-state index contributed by atoms with van der Waals surface area (Å²) < 4.78 is 13.5. The normalized spacial score (nSPS) is 14.8. The number of esters is 1. The predicted molar refractivity (Wildman–Crippen MR) is 126 cm³/mol. The van der Waals surface area contributed by atoms with Crippen LogP contribution >= 0.6 is 0 Å². The number of nitrogens with zero attached hydrogens (tertiary/aromatic N) is 4. The maximum atomic E-state index is 13.3. The van der Waals surface area contributed by atoms with Crippen LogP contribution in [0.2, 0.25) is 0 Å². The van der Waals surface area contributed by atoms with E-state index in [0.717, 1.165) is 16.7 Å². The molecule has 0 fully saturated rings. The number of carbonyl (C=O) groups is 1. The highest BCUT2D eigenvalue weighted by Crippen LogP contribution is 2.39. The fraction of sp³-hybridized carbons (Fsp3) is 0.154. The molecule has 2 heterocycles. The van der Waals surface area contributed by atoms with Gasteiger partial charge < -0.3 is 14.8 Å². The molecule has 1 atom stereocenters. The third-order valence-corrected chi connectivity index (χ3v) is 5.60. The molecule has 34 heavy (non-hydrogen) atoms. The first-order valence-electron chi connectivity index (χ1n) is 10.9. The van der Waals surface area contributed by atoms with Crippen molar-refractivity contribution in [3.05, 3.63) is 113 Å². The second-order valence-corrected chi connectivity index (χ2v) is 7.89. The molecule has 0 spiro atoms. The highest BCUT2D eigenvalue weighted by molar-refractivity contribution is 5.92. The van der Waals surface area contributed by atoms with Gasteiger partial charge in [0.1, 0.15) is 25.0 Å². The molecule has 3 aromatic carbocycles. The van der Waals surface area contributed by atoms with Crippen LogP contribution in [-0.4, -0.2) is 26.2 Å². The van der Waals surface area contributed by atoms with Gasteiger partial charge in [0, 0.05) is 11.3 Å². The molecule has 1 aliphatic heterocycles. The van der Waals surface area contributed by atoms with Crippen LogP contribution in [0.5, 0.6) is 5.75 Å². The maximum absolute atomic E-state index is 13.3. The van der Waals surface area contributed by atoms with Gasteiger partial charge in [0.05, 0.1) is 5.57 Å². The van der Waals surface area contributed by atoms with E-state index in [4.69, 9.17) is 9.47 Å². The SMILES string of the molecule is CC1=C(C(=O)OCc2ccccc2)C(c2ccccc2OCc2ccccc2)n2nnnc2N1. The van der Waals surface area contributed by atoms with Crippen LogP contribution in [-0.2, 0) is 22.7 Å². The third kappa shape index (κ3) is 4.38. The number of anilines is 1. The minimum Gasteiger partial charge on any atom is -0.489 e. The number of benzene rings is 3. The number of fused-ring (bicyclic) bond motifs is 1. The molecule has 4 aromatic rings. The molecular weight excluding hydrogens is 430 g/mol. The molecule has 0 aliphatic carbocycles. The number of carbonyl (C=O) groups excluding carboxylic acids is 1. The molecule has 0 saturated heterocycles. The van der Waals surface area contributed by atoms with Crippen molar-refractivity contribution in [3.63, 3.8) is 0 Å². The minimum atomic E-state index is -0.610. The minimum absolute atomic E-state index is 0.164. The largest absolute Gasteiger partial charge is 0.489 e. The molecule has 1 unspecified atom stereocenters. The van der Waals surface area contributed by atoms with Crippen LogP contribution in [0.1, 0.15) is 29.7 Å². The summed E-state index contributed by atoms with van der Waals surface area (Å²) in [6, 6.07) is 26.5.